The average molecular weight is 292 g/mol. The molecule has 5 nitrogen and oxygen atoms in total. The molecule has 1 heterocycles. The Labute approximate surface area is 118 Å². The molecule has 0 atom stereocenters. The lowest BCUT2D eigenvalue weighted by Gasteiger charge is -2.11. The zero-order chi connectivity index (χ0) is 14.6. The van der Waals surface area contributed by atoms with Crippen LogP contribution in [-0.4, -0.2) is 20.0 Å². The predicted molar refractivity (Wildman–Crippen MR) is 76.0 cm³/mol. The summed E-state index contributed by atoms with van der Waals surface area (Å²) in [5.41, 5.74) is 1.89. The van der Waals surface area contributed by atoms with Gasteiger partial charge in [0.25, 0.3) is 0 Å². The molecule has 2 rings (SSSR count). The summed E-state index contributed by atoms with van der Waals surface area (Å²) in [5.74, 6) is 0.284. The van der Waals surface area contributed by atoms with Gasteiger partial charge >= 0.3 is 0 Å². The van der Waals surface area contributed by atoms with E-state index in [1.807, 2.05) is 12.1 Å². The Morgan fingerprint density at radius 2 is 1.90 bits per heavy atom. The molecule has 0 unspecified atom stereocenters. The molecule has 0 spiro atoms. The molecule has 1 aromatic heterocycles. The van der Waals surface area contributed by atoms with Crippen molar-refractivity contribution in [1.29, 1.82) is 0 Å². The summed E-state index contributed by atoms with van der Waals surface area (Å²) < 4.78 is 28.6. The molecule has 0 amide bonds. The van der Waals surface area contributed by atoms with Crippen molar-refractivity contribution < 1.29 is 13.2 Å². The molecule has 0 radical (unpaired) electrons. The number of primary sulfonamides is 1. The van der Waals surface area contributed by atoms with Gasteiger partial charge in [-0.3, -0.25) is 4.98 Å². The Balaban J connectivity index is 2.10. The quantitative estimate of drug-likeness (QED) is 0.908. The van der Waals surface area contributed by atoms with Crippen LogP contribution in [0, 0.1) is 6.92 Å². The van der Waals surface area contributed by atoms with E-state index in [2.05, 4.69) is 4.98 Å². The van der Waals surface area contributed by atoms with Gasteiger partial charge in [-0.1, -0.05) is 6.07 Å². The van der Waals surface area contributed by atoms with Crippen LogP contribution in [0.3, 0.4) is 0 Å². The van der Waals surface area contributed by atoms with Crippen molar-refractivity contribution >= 4 is 10.0 Å². The first-order chi connectivity index (χ1) is 9.47. The molecule has 0 aliphatic heterocycles. The molecule has 2 N–H and O–H groups in total. The highest BCUT2D eigenvalue weighted by atomic mass is 32.2. The maximum absolute atomic E-state index is 11.5. The van der Waals surface area contributed by atoms with Crippen LogP contribution in [-0.2, 0) is 16.4 Å². The molecule has 0 aliphatic rings. The summed E-state index contributed by atoms with van der Waals surface area (Å²) in [7, 11) is -3.79. The van der Waals surface area contributed by atoms with E-state index in [4.69, 9.17) is 9.88 Å². The molecule has 106 valence electrons. The van der Waals surface area contributed by atoms with E-state index < -0.39 is 10.0 Å². The summed E-state index contributed by atoms with van der Waals surface area (Å²) in [5, 5.41) is 5.19. The molecule has 0 saturated carbocycles. The Morgan fingerprint density at radius 1 is 1.20 bits per heavy atom. The van der Waals surface area contributed by atoms with E-state index in [0.29, 0.717) is 13.0 Å². The third-order valence-corrected chi connectivity index (χ3v) is 3.74. The van der Waals surface area contributed by atoms with Gasteiger partial charge in [0.15, 0.2) is 0 Å². The second-order valence-electron chi connectivity index (χ2n) is 4.45. The number of sulfonamides is 1. The molecule has 0 saturated heterocycles. The fraction of sp³-hybridized carbons (Fsp3) is 0.214. The molecular formula is C14H16N2O3S. The van der Waals surface area contributed by atoms with Crippen LogP contribution in [0.25, 0.3) is 0 Å². The van der Waals surface area contributed by atoms with E-state index >= 15 is 0 Å². The zero-order valence-corrected chi connectivity index (χ0v) is 11.9. The minimum absolute atomic E-state index is 0.0206. The maximum atomic E-state index is 11.5. The predicted octanol–water partition coefficient (Wildman–Crippen LogP) is 1.66. The van der Waals surface area contributed by atoms with Gasteiger partial charge in [-0.2, -0.15) is 0 Å². The smallest absolute Gasteiger partial charge is 0.241 e. The number of rotatable bonds is 5. The van der Waals surface area contributed by atoms with Crippen molar-refractivity contribution in [2.24, 2.45) is 5.14 Å². The number of aryl methyl sites for hydroxylation is 1. The number of aromatic nitrogens is 1. The van der Waals surface area contributed by atoms with Crippen LogP contribution in [0.4, 0.5) is 0 Å². The van der Waals surface area contributed by atoms with Crippen molar-refractivity contribution in [3.63, 3.8) is 0 Å². The van der Waals surface area contributed by atoms with Gasteiger partial charge in [-0.25, -0.2) is 13.6 Å². The Kier molecular flexibility index (Phi) is 4.36. The van der Waals surface area contributed by atoms with Gasteiger partial charge in [-0.15, -0.1) is 0 Å². The second kappa shape index (κ2) is 6.02. The van der Waals surface area contributed by atoms with E-state index in [0.717, 1.165) is 11.1 Å². The summed E-state index contributed by atoms with van der Waals surface area (Å²) in [6, 6.07) is 8.70. The standard InChI is InChI=1S/C14H16N2O3S/c1-11-2-3-13(14(10-11)20(15,17)18)19-9-6-12-4-7-16-8-5-12/h2-5,7-8,10H,6,9H2,1H3,(H2,15,17,18). The van der Waals surface area contributed by atoms with E-state index in [9.17, 15) is 8.42 Å². The first-order valence-corrected chi connectivity index (χ1v) is 7.66. The van der Waals surface area contributed by atoms with Gasteiger partial charge in [0, 0.05) is 18.8 Å². The Bertz CT molecular complexity index is 685. The summed E-state index contributed by atoms with van der Waals surface area (Å²) in [6.07, 6.45) is 4.08. The van der Waals surface area contributed by atoms with Gasteiger partial charge in [0.1, 0.15) is 10.6 Å². The molecule has 6 heteroatoms. The number of benzene rings is 1. The minimum Gasteiger partial charge on any atom is -0.492 e. The van der Waals surface area contributed by atoms with Crippen LogP contribution < -0.4 is 9.88 Å². The topological polar surface area (TPSA) is 82.3 Å². The molecule has 1 aromatic carbocycles. The van der Waals surface area contributed by atoms with Crippen LogP contribution in [0.2, 0.25) is 0 Å². The lowest BCUT2D eigenvalue weighted by molar-refractivity contribution is 0.313. The Morgan fingerprint density at radius 3 is 2.55 bits per heavy atom. The van der Waals surface area contributed by atoms with Crippen LogP contribution >= 0.6 is 0 Å². The lowest BCUT2D eigenvalue weighted by atomic mass is 10.2. The summed E-state index contributed by atoms with van der Waals surface area (Å²) in [4.78, 5) is 3.95. The lowest BCUT2D eigenvalue weighted by Crippen LogP contribution is -2.14. The average Bonchev–Trinajstić information content (AvgIpc) is 2.40. The molecular weight excluding hydrogens is 276 g/mol. The third kappa shape index (κ3) is 3.79. The highest BCUT2D eigenvalue weighted by Crippen LogP contribution is 2.24. The zero-order valence-electron chi connectivity index (χ0n) is 11.1. The van der Waals surface area contributed by atoms with E-state index in [1.165, 1.54) is 6.07 Å². The molecule has 2 aromatic rings. The first-order valence-electron chi connectivity index (χ1n) is 6.12. The van der Waals surface area contributed by atoms with Gasteiger partial charge < -0.3 is 4.74 Å². The molecule has 0 bridgehead atoms. The van der Waals surface area contributed by atoms with Crippen LogP contribution in [0.5, 0.6) is 5.75 Å². The van der Waals surface area contributed by atoms with Crippen LogP contribution in [0.1, 0.15) is 11.1 Å². The van der Waals surface area contributed by atoms with E-state index in [-0.39, 0.29) is 10.6 Å². The summed E-state index contributed by atoms with van der Waals surface area (Å²) >= 11 is 0. The van der Waals surface area contributed by atoms with Gasteiger partial charge in [0.2, 0.25) is 10.0 Å². The number of nitrogens with two attached hydrogens (primary N) is 1. The van der Waals surface area contributed by atoms with Crippen molar-refractivity contribution in [2.45, 2.75) is 18.2 Å². The third-order valence-electron chi connectivity index (χ3n) is 2.80. The molecule has 0 aliphatic carbocycles. The van der Waals surface area contributed by atoms with Crippen LogP contribution in [0.15, 0.2) is 47.6 Å². The number of pyridine rings is 1. The first kappa shape index (κ1) is 14.5. The second-order valence-corrected chi connectivity index (χ2v) is 5.98. The molecule has 20 heavy (non-hydrogen) atoms. The van der Waals surface area contributed by atoms with Crippen molar-refractivity contribution in [3.8, 4) is 5.75 Å². The Hall–Kier alpha value is -1.92. The van der Waals surface area contributed by atoms with Gasteiger partial charge in [-0.05, 0) is 42.3 Å². The number of ether oxygens (including phenoxy) is 1. The normalized spacial score (nSPS) is 11.3. The number of hydrogen-bond acceptors (Lipinski definition) is 4. The van der Waals surface area contributed by atoms with E-state index in [1.54, 1.807) is 31.5 Å². The molecule has 0 fully saturated rings. The van der Waals surface area contributed by atoms with Gasteiger partial charge in [0.05, 0.1) is 6.61 Å². The number of nitrogens with zero attached hydrogens (tertiary/aromatic N) is 1. The van der Waals surface area contributed by atoms with Crippen molar-refractivity contribution in [2.75, 3.05) is 6.61 Å². The highest BCUT2D eigenvalue weighted by molar-refractivity contribution is 7.89. The van der Waals surface area contributed by atoms with Crippen molar-refractivity contribution in [1.82, 2.24) is 4.98 Å². The minimum atomic E-state index is -3.79. The maximum Gasteiger partial charge on any atom is 0.241 e. The highest BCUT2D eigenvalue weighted by Gasteiger charge is 2.15. The largest absolute Gasteiger partial charge is 0.492 e. The van der Waals surface area contributed by atoms with Crippen molar-refractivity contribution in [3.05, 3.63) is 53.9 Å². The number of hydrogen-bond donors (Lipinski definition) is 1. The monoisotopic (exact) mass is 292 g/mol. The fourth-order valence-electron chi connectivity index (χ4n) is 1.79. The summed E-state index contributed by atoms with van der Waals surface area (Å²) in [6.45, 7) is 2.17. The fourth-order valence-corrected chi connectivity index (χ4v) is 2.54. The SMILES string of the molecule is Cc1ccc(OCCc2ccncc2)c(S(N)(=O)=O)c1.